The van der Waals surface area contributed by atoms with Crippen molar-refractivity contribution >= 4 is 25.8 Å². The molecule has 1 fully saturated rings. The maximum absolute atomic E-state index is 13.5. The summed E-state index contributed by atoms with van der Waals surface area (Å²) in [6, 6.07) is 8.59. The van der Waals surface area contributed by atoms with Crippen LogP contribution in [-0.4, -0.2) is 45.8 Å². The molecule has 1 atom stereocenters. The number of aliphatic hydroxyl groups is 1. The third kappa shape index (κ3) is 4.05. The van der Waals surface area contributed by atoms with Crippen LogP contribution < -0.4 is 10.6 Å². The Hall–Kier alpha value is -2.65. The van der Waals surface area contributed by atoms with E-state index in [1.165, 1.54) is 0 Å². The Labute approximate surface area is 202 Å². The lowest BCUT2D eigenvalue weighted by Crippen LogP contribution is -2.51. The number of carbonyl (C=O) groups is 2. The summed E-state index contributed by atoms with van der Waals surface area (Å²) in [5.74, 6) is 0.558. The molecular formula is C25H37N5O3Si. The third-order valence-electron chi connectivity index (χ3n) is 7.67. The van der Waals surface area contributed by atoms with E-state index in [0.717, 1.165) is 29.7 Å². The van der Waals surface area contributed by atoms with Gasteiger partial charge in [-0.2, -0.15) is 5.10 Å². The van der Waals surface area contributed by atoms with Crippen LogP contribution in [0.25, 0.3) is 0 Å². The van der Waals surface area contributed by atoms with E-state index in [4.69, 9.17) is 0 Å². The molecular weight excluding hydrogens is 446 g/mol. The normalized spacial score (nSPS) is 19.4. The van der Waals surface area contributed by atoms with Crippen LogP contribution in [0.5, 0.6) is 0 Å². The molecule has 0 bridgehead atoms. The quantitative estimate of drug-likeness (QED) is 0.454. The van der Waals surface area contributed by atoms with Crippen molar-refractivity contribution in [3.8, 4) is 0 Å². The van der Waals surface area contributed by atoms with E-state index in [9.17, 15) is 14.7 Å². The molecule has 2 aliphatic rings. The second kappa shape index (κ2) is 7.95. The summed E-state index contributed by atoms with van der Waals surface area (Å²) in [5.41, 5.74) is 0.654. The molecule has 1 aliphatic carbocycles. The number of anilines is 1. The number of carbonyl (C=O) groups excluding carboxylic acids is 2. The highest BCUT2D eigenvalue weighted by molar-refractivity contribution is 6.83. The summed E-state index contributed by atoms with van der Waals surface area (Å²) in [7, 11) is -1.67. The molecule has 3 amide bonds. The van der Waals surface area contributed by atoms with Crippen molar-refractivity contribution in [2.24, 2.45) is 0 Å². The molecule has 1 aromatic carbocycles. The van der Waals surface area contributed by atoms with Crippen molar-refractivity contribution in [1.82, 2.24) is 20.4 Å². The number of amides is 3. The number of nitrogens with one attached hydrogen (secondary N) is 3. The van der Waals surface area contributed by atoms with Gasteiger partial charge in [-0.3, -0.25) is 9.89 Å². The zero-order chi connectivity index (χ0) is 25.1. The molecule has 8 nitrogen and oxygen atoms in total. The van der Waals surface area contributed by atoms with E-state index >= 15 is 0 Å². The van der Waals surface area contributed by atoms with Crippen molar-refractivity contribution < 1.29 is 14.7 Å². The molecule has 4 rings (SSSR count). The van der Waals surface area contributed by atoms with Gasteiger partial charge in [0, 0.05) is 10.6 Å². The van der Waals surface area contributed by atoms with Crippen LogP contribution in [0.1, 0.15) is 63.4 Å². The molecule has 2 heterocycles. The molecule has 1 saturated carbocycles. The molecule has 1 aromatic heterocycles. The second-order valence-corrected chi connectivity index (χ2v) is 17.3. The summed E-state index contributed by atoms with van der Waals surface area (Å²) in [4.78, 5) is 28.4. The standard InChI is InChI=1S/C25H37N5O3Si/c1-23(2)19-17(20(29-28-19)27-21(31)25(13-14-25)34(5,6)7)15-30(23)22(32)26-18(24(3,4)33)16-11-9-8-10-12-16/h8-12,18,33H,13-15H2,1-7H3,(H,26,32)(H2,27,28,29,31). The van der Waals surface area contributed by atoms with Gasteiger partial charge in [0.1, 0.15) is 0 Å². The first-order valence-electron chi connectivity index (χ1n) is 11.9. The fraction of sp³-hybridized carbons (Fsp3) is 0.560. The van der Waals surface area contributed by atoms with Gasteiger partial charge >= 0.3 is 6.03 Å². The monoisotopic (exact) mass is 483 g/mol. The first-order valence-corrected chi connectivity index (χ1v) is 15.4. The van der Waals surface area contributed by atoms with Crippen molar-refractivity contribution in [2.75, 3.05) is 5.32 Å². The molecule has 2 aromatic rings. The minimum absolute atomic E-state index is 0.0489. The number of aromatic nitrogens is 2. The van der Waals surface area contributed by atoms with Crippen LogP contribution in [-0.2, 0) is 16.9 Å². The molecule has 1 aliphatic heterocycles. The average molecular weight is 484 g/mol. The maximum atomic E-state index is 13.5. The summed E-state index contributed by atoms with van der Waals surface area (Å²) in [6.45, 7) is 14.3. The second-order valence-electron chi connectivity index (χ2n) is 11.8. The molecule has 34 heavy (non-hydrogen) atoms. The third-order valence-corrected chi connectivity index (χ3v) is 11.3. The number of benzene rings is 1. The SMILES string of the molecule is CC(C)(O)C(NC(=O)N1Cc2c(NC(=O)C3([Si](C)(C)C)CC3)n[nH]c2C1(C)C)c1ccccc1. The van der Waals surface area contributed by atoms with Crippen LogP contribution in [0.3, 0.4) is 0 Å². The van der Waals surface area contributed by atoms with Crippen LogP contribution >= 0.6 is 0 Å². The zero-order valence-corrected chi connectivity index (χ0v) is 22.2. The highest BCUT2D eigenvalue weighted by atomic mass is 28.3. The van der Waals surface area contributed by atoms with Gasteiger partial charge in [0.25, 0.3) is 0 Å². The Morgan fingerprint density at radius 2 is 1.79 bits per heavy atom. The highest BCUT2D eigenvalue weighted by Gasteiger charge is 2.59. The molecule has 0 radical (unpaired) electrons. The number of hydrogen-bond donors (Lipinski definition) is 4. The minimum Gasteiger partial charge on any atom is -0.388 e. The smallest absolute Gasteiger partial charge is 0.319 e. The predicted octanol–water partition coefficient (Wildman–Crippen LogP) is 4.49. The van der Waals surface area contributed by atoms with Crippen molar-refractivity contribution in [3.05, 3.63) is 47.2 Å². The number of nitrogens with zero attached hydrogens (tertiary/aromatic N) is 2. The van der Waals surface area contributed by atoms with Gasteiger partial charge < -0.3 is 20.6 Å². The Kier molecular flexibility index (Phi) is 5.72. The minimum atomic E-state index is -1.67. The number of H-pyrrole nitrogens is 1. The zero-order valence-electron chi connectivity index (χ0n) is 21.2. The first kappa shape index (κ1) is 24.5. The van der Waals surface area contributed by atoms with E-state index in [1.54, 1.807) is 18.7 Å². The first-order chi connectivity index (χ1) is 15.7. The van der Waals surface area contributed by atoms with Gasteiger partial charge in [0.15, 0.2) is 5.82 Å². The van der Waals surface area contributed by atoms with Crippen LogP contribution in [0.4, 0.5) is 10.6 Å². The number of aromatic amines is 1. The molecule has 0 saturated heterocycles. The Morgan fingerprint density at radius 1 is 1.18 bits per heavy atom. The summed E-state index contributed by atoms with van der Waals surface area (Å²) < 4.78 is 0. The lowest BCUT2D eigenvalue weighted by molar-refractivity contribution is -0.117. The average Bonchev–Trinajstić information content (AvgIpc) is 3.40. The van der Waals surface area contributed by atoms with Gasteiger partial charge in [-0.25, -0.2) is 4.79 Å². The highest BCUT2D eigenvalue weighted by Crippen LogP contribution is 2.61. The summed E-state index contributed by atoms with van der Waals surface area (Å²) >= 11 is 0. The van der Waals surface area contributed by atoms with Gasteiger partial charge in [-0.15, -0.1) is 0 Å². The van der Waals surface area contributed by atoms with Crippen molar-refractivity contribution in [1.29, 1.82) is 0 Å². The van der Waals surface area contributed by atoms with E-state index < -0.39 is 25.3 Å². The Bertz CT molecular complexity index is 1090. The topological polar surface area (TPSA) is 110 Å². The molecule has 1 unspecified atom stereocenters. The fourth-order valence-corrected chi connectivity index (χ4v) is 7.50. The number of hydrogen-bond acceptors (Lipinski definition) is 4. The number of urea groups is 1. The Balaban J connectivity index is 1.55. The predicted molar refractivity (Wildman–Crippen MR) is 135 cm³/mol. The lowest BCUT2D eigenvalue weighted by atomic mass is 9.92. The molecule has 184 valence electrons. The van der Waals surface area contributed by atoms with Gasteiger partial charge in [-0.05, 0) is 46.1 Å². The Morgan fingerprint density at radius 3 is 2.32 bits per heavy atom. The number of rotatable bonds is 6. The van der Waals surface area contributed by atoms with Gasteiger partial charge in [0.2, 0.25) is 5.91 Å². The fourth-order valence-electron chi connectivity index (χ4n) is 5.13. The molecule has 9 heteroatoms. The molecule has 0 spiro atoms. The van der Waals surface area contributed by atoms with E-state index in [1.807, 2.05) is 44.2 Å². The van der Waals surface area contributed by atoms with E-state index in [2.05, 4.69) is 40.5 Å². The largest absolute Gasteiger partial charge is 0.388 e. The van der Waals surface area contributed by atoms with Crippen molar-refractivity contribution in [2.45, 2.75) is 88.9 Å². The summed E-state index contributed by atoms with van der Waals surface area (Å²) in [5, 5.41) is 24.1. The van der Waals surface area contributed by atoms with Crippen LogP contribution in [0, 0.1) is 0 Å². The van der Waals surface area contributed by atoms with E-state index in [0.29, 0.717) is 12.4 Å². The number of fused-ring (bicyclic) bond motifs is 1. The van der Waals surface area contributed by atoms with Crippen molar-refractivity contribution in [3.63, 3.8) is 0 Å². The van der Waals surface area contributed by atoms with Gasteiger partial charge in [0.05, 0.1) is 37.5 Å². The maximum Gasteiger partial charge on any atom is 0.319 e. The van der Waals surface area contributed by atoms with Gasteiger partial charge in [-0.1, -0.05) is 50.0 Å². The van der Waals surface area contributed by atoms with Crippen LogP contribution in [0.2, 0.25) is 24.7 Å². The van der Waals surface area contributed by atoms with E-state index in [-0.39, 0.29) is 17.0 Å². The summed E-state index contributed by atoms with van der Waals surface area (Å²) in [6.07, 6.45) is 1.86. The lowest BCUT2D eigenvalue weighted by Gasteiger charge is -2.36. The molecule has 4 N–H and O–H groups in total. The van der Waals surface area contributed by atoms with Crippen LogP contribution in [0.15, 0.2) is 30.3 Å².